The van der Waals surface area contributed by atoms with Crippen molar-refractivity contribution in [1.29, 1.82) is 0 Å². The van der Waals surface area contributed by atoms with Gasteiger partial charge in [-0.2, -0.15) is 4.98 Å². The molecule has 1 aromatic carbocycles. The normalized spacial score (nSPS) is 10.9. The highest BCUT2D eigenvalue weighted by molar-refractivity contribution is 5.87. The van der Waals surface area contributed by atoms with Crippen LogP contribution in [0.25, 0.3) is 11.1 Å². The smallest absolute Gasteiger partial charge is 0.263 e. The van der Waals surface area contributed by atoms with Crippen LogP contribution in [0, 0.1) is 6.92 Å². The average molecular weight is 268 g/mol. The Kier molecular flexibility index (Phi) is 3.33. The van der Waals surface area contributed by atoms with E-state index < -0.39 is 0 Å². The molecule has 0 atom stereocenters. The molecule has 2 aromatic heterocycles. The molecule has 0 radical (unpaired) electrons. The zero-order valence-corrected chi connectivity index (χ0v) is 11.6. The first kappa shape index (κ1) is 12.6. The molecular formula is C15H16N4O. The lowest BCUT2D eigenvalue weighted by atomic mass is 10.2. The summed E-state index contributed by atoms with van der Waals surface area (Å²) >= 11 is 0. The average Bonchev–Trinajstić information content (AvgIpc) is 2.88. The molecule has 102 valence electrons. The maximum Gasteiger partial charge on any atom is 0.263 e. The maximum atomic E-state index is 5.27. The lowest BCUT2D eigenvalue weighted by Gasteiger charge is -2.07. The first-order valence-electron chi connectivity index (χ1n) is 6.68. The molecule has 1 N–H and O–H groups in total. The van der Waals surface area contributed by atoms with E-state index in [4.69, 9.17) is 4.52 Å². The fourth-order valence-corrected chi connectivity index (χ4v) is 2.17. The van der Waals surface area contributed by atoms with Crippen molar-refractivity contribution in [3.8, 4) is 0 Å². The van der Waals surface area contributed by atoms with E-state index in [-0.39, 0.29) is 0 Å². The van der Waals surface area contributed by atoms with Crippen LogP contribution in [0.1, 0.15) is 24.0 Å². The summed E-state index contributed by atoms with van der Waals surface area (Å²) < 4.78 is 5.27. The van der Waals surface area contributed by atoms with Crippen molar-refractivity contribution in [2.45, 2.75) is 26.8 Å². The van der Waals surface area contributed by atoms with Crippen LogP contribution in [0.3, 0.4) is 0 Å². The van der Waals surface area contributed by atoms with E-state index in [1.807, 2.05) is 32.0 Å². The third-order valence-corrected chi connectivity index (χ3v) is 3.16. The highest BCUT2D eigenvalue weighted by Crippen LogP contribution is 2.25. The topological polar surface area (TPSA) is 63.8 Å². The van der Waals surface area contributed by atoms with E-state index >= 15 is 0 Å². The van der Waals surface area contributed by atoms with Crippen LogP contribution >= 0.6 is 0 Å². The van der Waals surface area contributed by atoms with E-state index in [1.165, 1.54) is 5.56 Å². The van der Waals surface area contributed by atoms with Gasteiger partial charge in [0.05, 0.1) is 5.69 Å². The van der Waals surface area contributed by atoms with Crippen molar-refractivity contribution in [2.75, 3.05) is 5.32 Å². The summed E-state index contributed by atoms with van der Waals surface area (Å²) in [5.74, 6) is 1.46. The van der Waals surface area contributed by atoms with Crippen molar-refractivity contribution in [3.05, 3.63) is 47.4 Å². The molecule has 0 aliphatic carbocycles. The van der Waals surface area contributed by atoms with Crippen LogP contribution in [0.5, 0.6) is 0 Å². The number of nitrogens with zero attached hydrogens (tertiary/aromatic N) is 3. The Morgan fingerprint density at radius 1 is 1.15 bits per heavy atom. The molecule has 5 nitrogen and oxygen atoms in total. The minimum Gasteiger partial charge on any atom is -0.365 e. The number of nitrogens with one attached hydrogen (secondary N) is 1. The van der Waals surface area contributed by atoms with Crippen LogP contribution in [-0.2, 0) is 13.0 Å². The highest BCUT2D eigenvalue weighted by Gasteiger charge is 2.14. The molecule has 0 fully saturated rings. The first-order valence-corrected chi connectivity index (χ1v) is 6.68. The first-order chi connectivity index (χ1) is 9.78. The number of benzene rings is 1. The van der Waals surface area contributed by atoms with Gasteiger partial charge in [0.25, 0.3) is 5.71 Å². The number of aromatic nitrogens is 3. The molecule has 0 spiro atoms. The maximum absolute atomic E-state index is 5.27. The largest absolute Gasteiger partial charge is 0.365 e. The number of aryl methyl sites for hydroxylation is 2. The molecule has 0 bridgehead atoms. The van der Waals surface area contributed by atoms with Crippen molar-refractivity contribution < 1.29 is 4.52 Å². The summed E-state index contributed by atoms with van der Waals surface area (Å²) in [6.45, 7) is 4.60. The van der Waals surface area contributed by atoms with Gasteiger partial charge in [-0.25, -0.2) is 4.98 Å². The molecule has 2 heterocycles. The molecule has 0 aliphatic heterocycles. The van der Waals surface area contributed by atoms with Crippen molar-refractivity contribution in [2.24, 2.45) is 0 Å². The molecular weight excluding hydrogens is 252 g/mol. The van der Waals surface area contributed by atoms with Crippen LogP contribution in [0.2, 0.25) is 0 Å². The van der Waals surface area contributed by atoms with Gasteiger partial charge in [0.1, 0.15) is 17.0 Å². The summed E-state index contributed by atoms with van der Waals surface area (Å²) in [4.78, 5) is 8.75. The summed E-state index contributed by atoms with van der Waals surface area (Å²) in [7, 11) is 0. The molecule has 5 heteroatoms. The van der Waals surface area contributed by atoms with E-state index in [0.717, 1.165) is 23.3 Å². The molecule has 0 unspecified atom stereocenters. The van der Waals surface area contributed by atoms with Gasteiger partial charge in [-0.3, -0.25) is 0 Å². The molecule has 3 rings (SSSR count). The minimum absolute atomic E-state index is 0.546. The Hall–Kier alpha value is -2.43. The Bertz CT molecular complexity index is 721. The van der Waals surface area contributed by atoms with Gasteiger partial charge in [0.2, 0.25) is 0 Å². The SMILES string of the molecule is CCc1noc2nc(C)nc(NCc3ccccc3)c12. The third-order valence-electron chi connectivity index (χ3n) is 3.16. The van der Waals surface area contributed by atoms with Crippen molar-refractivity contribution in [1.82, 2.24) is 15.1 Å². The third kappa shape index (κ3) is 2.34. The molecule has 20 heavy (non-hydrogen) atoms. The van der Waals surface area contributed by atoms with E-state index in [0.29, 0.717) is 18.1 Å². The predicted octanol–water partition coefficient (Wildman–Crippen LogP) is 3.10. The molecule has 0 amide bonds. The summed E-state index contributed by atoms with van der Waals surface area (Å²) in [5, 5.41) is 8.29. The van der Waals surface area contributed by atoms with Gasteiger partial charge in [-0.05, 0) is 18.9 Å². The van der Waals surface area contributed by atoms with E-state index in [1.54, 1.807) is 0 Å². The summed E-state index contributed by atoms with van der Waals surface area (Å²) in [5.41, 5.74) is 2.63. The van der Waals surface area contributed by atoms with Crippen molar-refractivity contribution in [3.63, 3.8) is 0 Å². The van der Waals surface area contributed by atoms with Gasteiger partial charge < -0.3 is 9.84 Å². The predicted molar refractivity (Wildman–Crippen MR) is 77.5 cm³/mol. The molecule has 0 aliphatic rings. The summed E-state index contributed by atoms with van der Waals surface area (Å²) in [6, 6.07) is 10.2. The van der Waals surface area contributed by atoms with Crippen molar-refractivity contribution >= 4 is 16.9 Å². The number of anilines is 1. The summed E-state index contributed by atoms with van der Waals surface area (Å²) in [6.07, 6.45) is 0.791. The second-order valence-electron chi connectivity index (χ2n) is 4.62. The van der Waals surface area contributed by atoms with Crippen LogP contribution in [0.15, 0.2) is 34.9 Å². The second kappa shape index (κ2) is 5.28. The fraction of sp³-hybridized carbons (Fsp3) is 0.267. The van der Waals surface area contributed by atoms with Gasteiger partial charge in [0, 0.05) is 6.54 Å². The Morgan fingerprint density at radius 2 is 1.95 bits per heavy atom. The minimum atomic E-state index is 0.546. The molecule has 3 aromatic rings. The van der Waals surface area contributed by atoms with Gasteiger partial charge in [-0.15, -0.1) is 0 Å². The number of fused-ring (bicyclic) bond motifs is 1. The number of hydrogen-bond donors (Lipinski definition) is 1. The quantitative estimate of drug-likeness (QED) is 0.787. The Labute approximate surface area is 117 Å². The van der Waals surface area contributed by atoms with Crippen LogP contribution in [-0.4, -0.2) is 15.1 Å². The molecule has 0 saturated carbocycles. The zero-order valence-electron chi connectivity index (χ0n) is 11.6. The molecule has 0 saturated heterocycles. The lowest BCUT2D eigenvalue weighted by Crippen LogP contribution is -2.04. The van der Waals surface area contributed by atoms with Crippen LogP contribution in [0.4, 0.5) is 5.82 Å². The monoisotopic (exact) mass is 268 g/mol. The number of rotatable bonds is 4. The van der Waals surface area contributed by atoms with E-state index in [9.17, 15) is 0 Å². The van der Waals surface area contributed by atoms with E-state index in [2.05, 4.69) is 32.6 Å². The van der Waals surface area contributed by atoms with Gasteiger partial charge in [-0.1, -0.05) is 42.4 Å². The van der Waals surface area contributed by atoms with Gasteiger partial charge in [0.15, 0.2) is 0 Å². The zero-order chi connectivity index (χ0) is 13.9. The fourth-order valence-electron chi connectivity index (χ4n) is 2.17. The van der Waals surface area contributed by atoms with Crippen LogP contribution < -0.4 is 5.32 Å². The van der Waals surface area contributed by atoms with Gasteiger partial charge >= 0.3 is 0 Å². The highest BCUT2D eigenvalue weighted by atomic mass is 16.5. The number of hydrogen-bond acceptors (Lipinski definition) is 5. The Morgan fingerprint density at radius 3 is 2.70 bits per heavy atom. The standard InChI is InChI=1S/C15H16N4O/c1-3-12-13-14(16-9-11-7-5-4-6-8-11)17-10(2)18-15(13)20-19-12/h4-8H,3,9H2,1-2H3,(H,16,17,18). The Balaban J connectivity index is 1.95. The second-order valence-corrected chi connectivity index (χ2v) is 4.62. The lowest BCUT2D eigenvalue weighted by molar-refractivity contribution is 0.439.